The number of anilines is 3. The summed E-state index contributed by atoms with van der Waals surface area (Å²) in [5, 5.41) is 6.11. The zero-order chi connectivity index (χ0) is 19.2. The molecular weight excluding hydrogens is 338 g/mol. The number of hydrogen-bond donors (Lipinski definition) is 2. The molecule has 2 N–H and O–H groups in total. The third-order valence-corrected chi connectivity index (χ3v) is 4.23. The van der Waals surface area contributed by atoms with Crippen LogP contribution in [-0.4, -0.2) is 18.0 Å². The molecule has 0 radical (unpaired) electrons. The second-order valence-electron chi connectivity index (χ2n) is 6.49. The van der Waals surface area contributed by atoms with Crippen molar-refractivity contribution < 1.29 is 9.53 Å². The van der Waals surface area contributed by atoms with Gasteiger partial charge in [0.15, 0.2) is 0 Å². The fourth-order valence-electron chi connectivity index (χ4n) is 2.68. The normalized spacial score (nSPS) is 10.5. The summed E-state index contributed by atoms with van der Waals surface area (Å²) in [5.74, 6) is 1.55. The molecule has 1 aromatic heterocycles. The fourth-order valence-corrected chi connectivity index (χ4v) is 2.68. The SMILES string of the molecule is COc1ccccc1Nc1cc(C(=O)Nc2ccc(C(C)C)cc2)ccn1. The minimum Gasteiger partial charge on any atom is -0.495 e. The van der Waals surface area contributed by atoms with Crippen molar-refractivity contribution in [3.05, 3.63) is 78.0 Å². The Bertz CT molecular complexity index is 921. The first kappa shape index (κ1) is 18.5. The minimum atomic E-state index is -0.183. The second-order valence-corrected chi connectivity index (χ2v) is 6.49. The Morgan fingerprint density at radius 3 is 2.48 bits per heavy atom. The van der Waals surface area contributed by atoms with Gasteiger partial charge in [-0.3, -0.25) is 4.79 Å². The molecule has 3 aromatic rings. The first-order chi connectivity index (χ1) is 13.1. The van der Waals surface area contributed by atoms with Crippen LogP contribution < -0.4 is 15.4 Å². The monoisotopic (exact) mass is 361 g/mol. The zero-order valence-corrected chi connectivity index (χ0v) is 15.7. The Kier molecular flexibility index (Phi) is 5.71. The maximum absolute atomic E-state index is 12.6. The summed E-state index contributed by atoms with van der Waals surface area (Å²) in [7, 11) is 1.61. The number of hydrogen-bond acceptors (Lipinski definition) is 4. The molecule has 0 unspecified atom stereocenters. The van der Waals surface area contributed by atoms with E-state index >= 15 is 0 Å². The van der Waals surface area contributed by atoms with E-state index in [1.807, 2.05) is 48.5 Å². The lowest BCUT2D eigenvalue weighted by Gasteiger charge is -2.11. The second kappa shape index (κ2) is 8.36. The van der Waals surface area contributed by atoms with Crippen LogP contribution >= 0.6 is 0 Å². The summed E-state index contributed by atoms with van der Waals surface area (Å²) < 4.78 is 5.33. The number of amides is 1. The average molecular weight is 361 g/mol. The van der Waals surface area contributed by atoms with Crippen LogP contribution in [0.3, 0.4) is 0 Å². The van der Waals surface area contributed by atoms with Crippen molar-refractivity contribution in [1.29, 1.82) is 0 Å². The van der Waals surface area contributed by atoms with E-state index in [1.165, 1.54) is 5.56 Å². The highest BCUT2D eigenvalue weighted by Gasteiger charge is 2.09. The highest BCUT2D eigenvalue weighted by Crippen LogP contribution is 2.26. The maximum atomic E-state index is 12.6. The molecule has 0 saturated heterocycles. The van der Waals surface area contributed by atoms with Gasteiger partial charge in [0.25, 0.3) is 5.91 Å². The van der Waals surface area contributed by atoms with Crippen LogP contribution in [0.4, 0.5) is 17.2 Å². The molecule has 5 heteroatoms. The molecule has 0 fully saturated rings. The molecule has 0 saturated carbocycles. The Balaban J connectivity index is 1.73. The first-order valence-electron chi connectivity index (χ1n) is 8.84. The van der Waals surface area contributed by atoms with Crippen molar-refractivity contribution in [3.8, 4) is 5.75 Å². The molecule has 1 heterocycles. The first-order valence-corrected chi connectivity index (χ1v) is 8.84. The summed E-state index contributed by atoms with van der Waals surface area (Å²) in [4.78, 5) is 16.9. The summed E-state index contributed by atoms with van der Waals surface area (Å²) in [5.41, 5.74) is 3.31. The summed E-state index contributed by atoms with van der Waals surface area (Å²) in [6.07, 6.45) is 1.61. The molecule has 2 aromatic carbocycles. The molecule has 0 aliphatic heterocycles. The summed E-state index contributed by atoms with van der Waals surface area (Å²) >= 11 is 0. The number of pyridine rings is 1. The summed E-state index contributed by atoms with van der Waals surface area (Å²) in [6, 6.07) is 18.8. The van der Waals surface area contributed by atoms with E-state index in [0.29, 0.717) is 23.0 Å². The quantitative estimate of drug-likeness (QED) is 0.633. The number of para-hydroxylation sites is 2. The van der Waals surface area contributed by atoms with Crippen LogP contribution in [0.2, 0.25) is 0 Å². The van der Waals surface area contributed by atoms with Crippen molar-refractivity contribution in [3.63, 3.8) is 0 Å². The lowest BCUT2D eigenvalue weighted by molar-refractivity contribution is 0.102. The molecule has 138 valence electrons. The third kappa shape index (κ3) is 4.64. The Hall–Kier alpha value is -3.34. The number of benzene rings is 2. The van der Waals surface area contributed by atoms with Gasteiger partial charge >= 0.3 is 0 Å². The van der Waals surface area contributed by atoms with Crippen LogP contribution in [0.25, 0.3) is 0 Å². The highest BCUT2D eigenvalue weighted by molar-refractivity contribution is 6.04. The van der Waals surface area contributed by atoms with Gasteiger partial charge < -0.3 is 15.4 Å². The molecule has 0 atom stereocenters. The molecule has 1 amide bonds. The Morgan fingerprint density at radius 2 is 1.78 bits per heavy atom. The Morgan fingerprint density at radius 1 is 1.04 bits per heavy atom. The zero-order valence-electron chi connectivity index (χ0n) is 15.7. The number of aromatic nitrogens is 1. The van der Waals surface area contributed by atoms with Gasteiger partial charge in [-0.2, -0.15) is 0 Å². The number of carbonyl (C=O) groups is 1. The molecule has 27 heavy (non-hydrogen) atoms. The molecule has 0 aliphatic rings. The average Bonchev–Trinajstić information content (AvgIpc) is 2.69. The topological polar surface area (TPSA) is 63.2 Å². The van der Waals surface area contributed by atoms with Gasteiger partial charge in [-0.1, -0.05) is 38.1 Å². The lowest BCUT2D eigenvalue weighted by atomic mass is 10.0. The van der Waals surface area contributed by atoms with Crippen molar-refractivity contribution in [2.45, 2.75) is 19.8 Å². The van der Waals surface area contributed by atoms with E-state index in [0.717, 1.165) is 11.4 Å². The van der Waals surface area contributed by atoms with E-state index in [2.05, 4.69) is 29.5 Å². The van der Waals surface area contributed by atoms with Gasteiger partial charge in [0.05, 0.1) is 12.8 Å². The standard InChI is InChI=1S/C22H23N3O2/c1-15(2)16-8-10-18(11-9-16)24-22(26)17-12-13-23-21(14-17)25-19-6-4-5-7-20(19)27-3/h4-15H,1-3H3,(H,23,25)(H,24,26). The third-order valence-electron chi connectivity index (χ3n) is 4.23. The van der Waals surface area contributed by atoms with Crippen molar-refractivity contribution in [1.82, 2.24) is 4.98 Å². The fraction of sp³-hybridized carbons (Fsp3) is 0.182. The molecule has 0 bridgehead atoms. The smallest absolute Gasteiger partial charge is 0.255 e. The number of carbonyl (C=O) groups excluding carboxylic acids is 1. The minimum absolute atomic E-state index is 0.183. The lowest BCUT2D eigenvalue weighted by Crippen LogP contribution is -2.12. The van der Waals surface area contributed by atoms with Gasteiger partial charge in [0, 0.05) is 17.4 Å². The van der Waals surface area contributed by atoms with E-state index in [9.17, 15) is 4.79 Å². The van der Waals surface area contributed by atoms with Crippen LogP contribution in [0, 0.1) is 0 Å². The maximum Gasteiger partial charge on any atom is 0.255 e. The van der Waals surface area contributed by atoms with Crippen LogP contribution in [0.15, 0.2) is 66.9 Å². The van der Waals surface area contributed by atoms with Gasteiger partial charge in [-0.15, -0.1) is 0 Å². The predicted octanol–water partition coefficient (Wildman–Crippen LogP) is 5.21. The van der Waals surface area contributed by atoms with E-state index < -0.39 is 0 Å². The number of methoxy groups -OCH3 is 1. The van der Waals surface area contributed by atoms with Crippen LogP contribution in [0.1, 0.15) is 35.7 Å². The number of ether oxygens (including phenoxy) is 1. The van der Waals surface area contributed by atoms with Crippen molar-refractivity contribution in [2.24, 2.45) is 0 Å². The van der Waals surface area contributed by atoms with Crippen LogP contribution in [0.5, 0.6) is 5.75 Å². The van der Waals surface area contributed by atoms with E-state index in [-0.39, 0.29) is 5.91 Å². The summed E-state index contributed by atoms with van der Waals surface area (Å²) in [6.45, 7) is 4.28. The van der Waals surface area contributed by atoms with E-state index in [1.54, 1.807) is 25.4 Å². The van der Waals surface area contributed by atoms with Crippen LogP contribution in [-0.2, 0) is 0 Å². The highest BCUT2D eigenvalue weighted by atomic mass is 16.5. The number of nitrogens with zero attached hydrogens (tertiary/aromatic N) is 1. The molecule has 0 spiro atoms. The van der Waals surface area contributed by atoms with Gasteiger partial charge in [0.1, 0.15) is 11.6 Å². The predicted molar refractivity (Wildman–Crippen MR) is 109 cm³/mol. The number of rotatable bonds is 6. The number of nitrogens with one attached hydrogen (secondary N) is 2. The molecule has 5 nitrogen and oxygen atoms in total. The largest absolute Gasteiger partial charge is 0.495 e. The van der Waals surface area contributed by atoms with Gasteiger partial charge in [-0.05, 0) is 47.9 Å². The Labute approximate surface area is 159 Å². The molecular formula is C22H23N3O2. The van der Waals surface area contributed by atoms with Crippen molar-refractivity contribution >= 4 is 23.1 Å². The molecule has 0 aliphatic carbocycles. The molecule has 3 rings (SSSR count). The van der Waals surface area contributed by atoms with Gasteiger partial charge in [0.2, 0.25) is 0 Å². The van der Waals surface area contributed by atoms with Gasteiger partial charge in [-0.25, -0.2) is 4.98 Å². The van der Waals surface area contributed by atoms with E-state index in [4.69, 9.17) is 4.74 Å². The van der Waals surface area contributed by atoms with Crippen molar-refractivity contribution in [2.75, 3.05) is 17.7 Å².